The summed E-state index contributed by atoms with van der Waals surface area (Å²) in [6, 6.07) is 9.24. The van der Waals surface area contributed by atoms with Gasteiger partial charge >= 0.3 is 0 Å². The van der Waals surface area contributed by atoms with Gasteiger partial charge in [-0.05, 0) is 50.6 Å². The van der Waals surface area contributed by atoms with Crippen molar-refractivity contribution in [3.05, 3.63) is 46.3 Å². The van der Waals surface area contributed by atoms with Gasteiger partial charge in [0.25, 0.3) is 10.0 Å². The highest BCUT2D eigenvalue weighted by Gasteiger charge is 2.24. The predicted octanol–water partition coefficient (Wildman–Crippen LogP) is 2.69. The van der Waals surface area contributed by atoms with Crippen LogP contribution in [0.4, 0.5) is 5.69 Å². The second-order valence-corrected chi connectivity index (χ2v) is 8.39. The fraction of sp³-hybridized carbons (Fsp3) is 0.333. The average molecular weight is 324 g/mol. The number of hydrogen-bond donors (Lipinski definition) is 1. The number of anilines is 1. The van der Waals surface area contributed by atoms with Crippen LogP contribution in [0.1, 0.15) is 16.0 Å². The predicted molar refractivity (Wildman–Crippen MR) is 88.6 cm³/mol. The third-order valence-electron chi connectivity index (χ3n) is 3.33. The molecule has 0 saturated carbocycles. The van der Waals surface area contributed by atoms with E-state index in [1.807, 2.05) is 38.1 Å². The fourth-order valence-corrected chi connectivity index (χ4v) is 5.00. The first-order valence-electron chi connectivity index (χ1n) is 6.71. The molecule has 0 aliphatic heterocycles. The molecule has 4 nitrogen and oxygen atoms in total. The van der Waals surface area contributed by atoms with Gasteiger partial charge in [-0.2, -0.15) is 0 Å². The largest absolute Gasteiger partial charge is 0.330 e. The summed E-state index contributed by atoms with van der Waals surface area (Å²) in [6.45, 7) is 4.43. The van der Waals surface area contributed by atoms with Crippen LogP contribution in [0.15, 0.2) is 34.5 Å². The molecule has 0 fully saturated rings. The molecular formula is C15H20N2O2S2. The molecule has 0 radical (unpaired) electrons. The van der Waals surface area contributed by atoms with Gasteiger partial charge in [0.2, 0.25) is 0 Å². The average Bonchev–Trinajstić information content (AvgIpc) is 2.88. The Labute approximate surface area is 130 Å². The van der Waals surface area contributed by atoms with Crippen molar-refractivity contribution in [3.8, 4) is 0 Å². The Morgan fingerprint density at radius 1 is 1.19 bits per heavy atom. The van der Waals surface area contributed by atoms with Crippen LogP contribution in [-0.4, -0.2) is 22.0 Å². The van der Waals surface area contributed by atoms with Gasteiger partial charge in [-0.25, -0.2) is 8.42 Å². The quantitative estimate of drug-likeness (QED) is 0.920. The number of thiophene rings is 1. The van der Waals surface area contributed by atoms with Gasteiger partial charge in [-0.1, -0.05) is 17.7 Å². The summed E-state index contributed by atoms with van der Waals surface area (Å²) < 4.78 is 27.1. The molecule has 1 aromatic heterocycles. The van der Waals surface area contributed by atoms with Crippen LogP contribution < -0.4 is 10.0 Å². The molecule has 0 atom stereocenters. The molecule has 0 spiro atoms. The number of benzene rings is 1. The number of nitrogens with two attached hydrogens (primary N) is 1. The monoisotopic (exact) mass is 324 g/mol. The van der Waals surface area contributed by atoms with Crippen molar-refractivity contribution in [2.24, 2.45) is 5.73 Å². The molecule has 0 bridgehead atoms. The first kappa shape index (κ1) is 16.0. The first-order valence-corrected chi connectivity index (χ1v) is 8.97. The second kappa shape index (κ2) is 6.17. The van der Waals surface area contributed by atoms with Crippen LogP contribution >= 0.6 is 11.3 Å². The lowest BCUT2D eigenvalue weighted by Gasteiger charge is -2.20. The van der Waals surface area contributed by atoms with E-state index in [-0.39, 0.29) is 0 Å². The van der Waals surface area contributed by atoms with E-state index in [1.165, 1.54) is 15.6 Å². The minimum atomic E-state index is -3.51. The lowest BCUT2D eigenvalue weighted by Crippen LogP contribution is -2.26. The first-order chi connectivity index (χ1) is 9.86. The maximum Gasteiger partial charge on any atom is 0.273 e. The van der Waals surface area contributed by atoms with E-state index in [9.17, 15) is 8.42 Å². The lowest BCUT2D eigenvalue weighted by atomic mass is 10.1. The smallest absolute Gasteiger partial charge is 0.273 e. The van der Waals surface area contributed by atoms with Crippen molar-refractivity contribution < 1.29 is 8.42 Å². The van der Waals surface area contributed by atoms with E-state index in [1.54, 1.807) is 13.1 Å². The SMILES string of the molecule is Cc1ccc(N(C)S(=O)(=O)c2ccc(CCN)s2)c(C)c1. The van der Waals surface area contributed by atoms with Crippen LogP contribution in [-0.2, 0) is 16.4 Å². The van der Waals surface area contributed by atoms with E-state index in [2.05, 4.69) is 0 Å². The zero-order chi connectivity index (χ0) is 15.6. The molecule has 0 aliphatic carbocycles. The zero-order valence-electron chi connectivity index (χ0n) is 12.5. The van der Waals surface area contributed by atoms with Crippen molar-refractivity contribution in [3.63, 3.8) is 0 Å². The van der Waals surface area contributed by atoms with Crippen molar-refractivity contribution in [2.75, 3.05) is 17.9 Å². The van der Waals surface area contributed by atoms with Gasteiger partial charge in [0, 0.05) is 11.9 Å². The third kappa shape index (κ3) is 3.28. The molecule has 2 rings (SSSR count). The topological polar surface area (TPSA) is 63.4 Å². The molecule has 1 heterocycles. The summed E-state index contributed by atoms with van der Waals surface area (Å²) in [7, 11) is -1.92. The minimum Gasteiger partial charge on any atom is -0.330 e. The molecule has 114 valence electrons. The van der Waals surface area contributed by atoms with E-state index in [0.29, 0.717) is 22.9 Å². The number of rotatable bonds is 5. The van der Waals surface area contributed by atoms with E-state index >= 15 is 0 Å². The molecule has 21 heavy (non-hydrogen) atoms. The van der Waals surface area contributed by atoms with Crippen molar-refractivity contribution >= 4 is 27.0 Å². The Bertz CT molecular complexity index is 736. The maximum atomic E-state index is 12.7. The highest BCUT2D eigenvalue weighted by molar-refractivity contribution is 7.94. The summed E-state index contributed by atoms with van der Waals surface area (Å²) in [6.07, 6.45) is 0.702. The van der Waals surface area contributed by atoms with Gasteiger partial charge in [0.1, 0.15) is 4.21 Å². The number of hydrogen-bond acceptors (Lipinski definition) is 4. The number of sulfonamides is 1. The Morgan fingerprint density at radius 3 is 2.52 bits per heavy atom. The fourth-order valence-electron chi connectivity index (χ4n) is 2.20. The second-order valence-electron chi connectivity index (χ2n) is 5.02. The van der Waals surface area contributed by atoms with Crippen LogP contribution in [0.25, 0.3) is 0 Å². The van der Waals surface area contributed by atoms with Crippen LogP contribution in [0.5, 0.6) is 0 Å². The minimum absolute atomic E-state index is 0.355. The van der Waals surface area contributed by atoms with Gasteiger partial charge in [-0.15, -0.1) is 11.3 Å². The summed E-state index contributed by atoms with van der Waals surface area (Å²) >= 11 is 1.29. The molecular weight excluding hydrogens is 304 g/mol. The van der Waals surface area contributed by atoms with E-state index < -0.39 is 10.0 Å². The Morgan fingerprint density at radius 2 is 1.90 bits per heavy atom. The summed E-state index contributed by atoms with van der Waals surface area (Å²) in [4.78, 5) is 0.991. The van der Waals surface area contributed by atoms with Gasteiger partial charge in [0.15, 0.2) is 0 Å². The number of nitrogens with zero attached hydrogens (tertiary/aromatic N) is 1. The Balaban J connectivity index is 2.37. The van der Waals surface area contributed by atoms with Gasteiger partial charge < -0.3 is 5.73 Å². The molecule has 0 saturated heterocycles. The maximum absolute atomic E-state index is 12.7. The van der Waals surface area contributed by atoms with Gasteiger partial charge in [-0.3, -0.25) is 4.31 Å². The van der Waals surface area contributed by atoms with Crippen molar-refractivity contribution in [2.45, 2.75) is 24.5 Å². The zero-order valence-corrected chi connectivity index (χ0v) is 14.1. The Hall–Kier alpha value is -1.37. The summed E-state index contributed by atoms with van der Waals surface area (Å²) in [5.74, 6) is 0. The highest BCUT2D eigenvalue weighted by atomic mass is 32.2. The third-order valence-corrected chi connectivity index (χ3v) is 6.72. The molecule has 1 aromatic carbocycles. The Kier molecular flexibility index (Phi) is 4.70. The van der Waals surface area contributed by atoms with E-state index in [0.717, 1.165) is 16.0 Å². The molecule has 2 N–H and O–H groups in total. The van der Waals surface area contributed by atoms with Crippen LogP contribution in [0.3, 0.4) is 0 Å². The standard InChI is InChI=1S/C15H20N2O2S2/c1-11-4-6-14(12(2)10-11)17(3)21(18,19)15-7-5-13(20-15)8-9-16/h4-7,10H,8-9,16H2,1-3H3. The number of aryl methyl sites for hydroxylation is 2. The lowest BCUT2D eigenvalue weighted by molar-refractivity contribution is 0.596. The van der Waals surface area contributed by atoms with Crippen LogP contribution in [0, 0.1) is 13.8 Å². The molecule has 2 aromatic rings. The molecule has 0 amide bonds. The summed E-state index contributed by atoms with van der Waals surface area (Å²) in [5.41, 5.74) is 8.27. The van der Waals surface area contributed by atoms with Crippen molar-refractivity contribution in [1.29, 1.82) is 0 Å². The van der Waals surface area contributed by atoms with Crippen LogP contribution in [0.2, 0.25) is 0 Å². The van der Waals surface area contributed by atoms with E-state index in [4.69, 9.17) is 5.73 Å². The van der Waals surface area contributed by atoms with Crippen molar-refractivity contribution in [1.82, 2.24) is 0 Å². The molecule has 0 unspecified atom stereocenters. The molecule has 0 aliphatic rings. The summed E-state index contributed by atoms with van der Waals surface area (Å²) in [5, 5.41) is 0. The van der Waals surface area contributed by atoms with Gasteiger partial charge in [0.05, 0.1) is 5.69 Å². The normalized spacial score (nSPS) is 11.6. The highest BCUT2D eigenvalue weighted by Crippen LogP contribution is 2.29. The molecule has 6 heteroatoms.